The van der Waals surface area contributed by atoms with Crippen LogP contribution in [0, 0.1) is 0 Å². The number of carbonyl (C=O) groups is 5. The van der Waals surface area contributed by atoms with Crippen LogP contribution in [-0.4, -0.2) is 113 Å². The molecule has 0 aliphatic carbocycles. The summed E-state index contributed by atoms with van der Waals surface area (Å²) in [6, 6.07) is 27.7. The first kappa shape index (κ1) is 48.8. The zero-order chi connectivity index (χ0) is 52.3. The lowest BCUT2D eigenvalue weighted by molar-refractivity contribution is -0.136. The highest BCUT2D eigenvalue weighted by Gasteiger charge is 2.47. The third-order valence-electron chi connectivity index (χ3n) is 12.7. The Balaban J connectivity index is 1.36. The van der Waals surface area contributed by atoms with Gasteiger partial charge in [-0.25, -0.2) is 49.1 Å². The number of nitrogens with zero attached hydrogens (tertiary/aromatic N) is 8. The average Bonchev–Trinajstić information content (AvgIpc) is 4.13. The molecule has 2 aromatic heterocycles. The molecular formula is C53H42AlN8O12P. The topological polar surface area (TPSA) is 253 Å². The fourth-order valence-electron chi connectivity index (χ4n) is 9.34. The summed E-state index contributed by atoms with van der Waals surface area (Å²) in [6.07, 6.45) is -1.00. The number of fused-ring (bicyclic) bond motifs is 14. The molecule has 11 rings (SSSR count). The van der Waals surface area contributed by atoms with Gasteiger partial charge in [-0.15, -0.1) is 0 Å². The highest BCUT2D eigenvalue weighted by Crippen LogP contribution is 2.50. The third kappa shape index (κ3) is 8.49. The van der Waals surface area contributed by atoms with Gasteiger partial charge in [0.25, 0.3) is 0 Å². The Morgan fingerprint density at radius 3 is 1.47 bits per heavy atom. The van der Waals surface area contributed by atoms with Crippen molar-refractivity contribution in [3.63, 3.8) is 0 Å². The van der Waals surface area contributed by atoms with Crippen molar-refractivity contribution in [2.24, 2.45) is 30.0 Å². The summed E-state index contributed by atoms with van der Waals surface area (Å²) in [7, 11) is -4.32. The zero-order valence-corrected chi connectivity index (χ0v) is 42.6. The monoisotopic (exact) mass is 1040 g/mol. The summed E-state index contributed by atoms with van der Waals surface area (Å²) in [5, 5.41) is 11.9. The lowest BCUT2D eigenvalue weighted by atomic mass is 10.0. The van der Waals surface area contributed by atoms with Crippen molar-refractivity contribution in [2.45, 2.75) is 34.1 Å². The highest BCUT2D eigenvalue weighted by atomic mass is 31.2. The largest absolute Gasteiger partial charge is 0.815 e. The van der Waals surface area contributed by atoms with E-state index in [1.165, 1.54) is 0 Å². The van der Waals surface area contributed by atoms with Crippen LogP contribution in [0.3, 0.4) is 0 Å². The number of carbonyl (C=O) groups excluding carboxylic acids is 4. The van der Waals surface area contributed by atoms with Crippen molar-refractivity contribution in [1.29, 1.82) is 0 Å². The fraction of sp³-hybridized carbons (Fsp3) is 0.189. The van der Waals surface area contributed by atoms with E-state index in [0.29, 0.717) is 43.8 Å². The molecule has 0 saturated carbocycles. The second kappa shape index (κ2) is 19.4. The van der Waals surface area contributed by atoms with Gasteiger partial charge in [-0.3, -0.25) is 9.36 Å². The third-order valence-corrected chi connectivity index (χ3v) is 18.6. The molecule has 0 radical (unpaired) electrons. The van der Waals surface area contributed by atoms with Gasteiger partial charge in [0, 0.05) is 55.3 Å². The summed E-state index contributed by atoms with van der Waals surface area (Å²) in [5.74, 6) is -2.96. The van der Waals surface area contributed by atoms with Crippen LogP contribution in [-0.2, 0) is 31.9 Å². The number of rotatable bonds is 14. The van der Waals surface area contributed by atoms with E-state index in [2.05, 4.69) is 0 Å². The molecule has 0 saturated heterocycles. The summed E-state index contributed by atoms with van der Waals surface area (Å²) in [6.45, 7) is 7.15. The number of ether oxygens (including phenoxy) is 4. The van der Waals surface area contributed by atoms with E-state index >= 15 is 4.57 Å². The minimum absolute atomic E-state index is 0.0765. The van der Waals surface area contributed by atoms with Gasteiger partial charge < -0.3 is 34.7 Å². The predicted molar refractivity (Wildman–Crippen MR) is 277 cm³/mol. The second-order valence-electron chi connectivity index (χ2n) is 17.2. The second-order valence-corrected chi connectivity index (χ2v) is 22.1. The summed E-state index contributed by atoms with van der Waals surface area (Å²) in [4.78, 5) is 97.7. The number of aliphatic carboxylic acids is 1. The van der Waals surface area contributed by atoms with Crippen LogP contribution in [0.1, 0.15) is 97.8 Å². The number of benzene rings is 5. The van der Waals surface area contributed by atoms with Gasteiger partial charge in [-0.05, 0) is 113 Å². The molecule has 1 atom stereocenters. The molecule has 0 fully saturated rings. The summed E-state index contributed by atoms with van der Waals surface area (Å²) in [5.41, 5.74) is 2.68. The van der Waals surface area contributed by atoms with E-state index in [1.54, 1.807) is 138 Å². The van der Waals surface area contributed by atoms with Crippen LogP contribution < -0.4 is 16.3 Å². The minimum Gasteiger partial charge on any atom is -0.481 e. The predicted octanol–water partition coefficient (Wildman–Crippen LogP) is 6.72. The molecule has 6 heterocycles. The standard InChI is InChI=1S/C44H33N8O8.C9H11O4P.Al/c1-5-57-41(53)21-9-13-25-29(17-21)37-45-33(25)50-38-31-19-23(43(55)59-7-3)11-15-27(31)35(47-38)52-40-32-20-24(44(56)60-8-4)12-16-28(32)36(48-40)51-39-30-18-22(42(54)58-6-2)10-14-26(30)34(46-39)49-37;10-9(11)6-7-14(12,13)8-4-2-1-3-5-8;/h9-20H,5-8H2,1-4H3,(H-,45,46,47,48,49,50,51,52,53,54,55,56);1-5H,6-7H2,(H,10,11)(H,12,13);/q-1;;+3/p-2. The van der Waals surface area contributed by atoms with Crippen LogP contribution in [0.15, 0.2) is 133 Å². The quantitative estimate of drug-likeness (QED) is 0.0516. The Morgan fingerprint density at radius 1 is 0.493 bits per heavy atom. The normalized spacial score (nSPS) is 14.4. The molecule has 75 heavy (non-hydrogen) atoms. The van der Waals surface area contributed by atoms with Gasteiger partial charge >= 0.3 is 44.8 Å². The molecule has 6 bridgehead atoms. The molecule has 5 aromatic carbocycles. The Bertz CT molecular complexity index is 3990. The van der Waals surface area contributed by atoms with Crippen molar-refractivity contribution in [1.82, 2.24) is 7.10 Å². The van der Waals surface area contributed by atoms with Crippen molar-refractivity contribution in [3.05, 3.63) is 159 Å². The number of hydrogen-bond donors (Lipinski definition) is 1. The van der Waals surface area contributed by atoms with E-state index in [0.717, 1.165) is 0 Å². The number of aliphatic imine (C=N–C) groups is 4. The Kier molecular flexibility index (Phi) is 12.6. The van der Waals surface area contributed by atoms with Crippen molar-refractivity contribution < 1.29 is 56.2 Å². The van der Waals surface area contributed by atoms with Gasteiger partial charge in [0.2, 0.25) is 7.37 Å². The number of carboxylic acids is 1. The van der Waals surface area contributed by atoms with Crippen LogP contribution in [0.25, 0.3) is 21.5 Å². The number of hydrogen-bond acceptors (Lipinski definition) is 17. The van der Waals surface area contributed by atoms with Gasteiger partial charge in [0.15, 0.2) is 23.3 Å². The summed E-state index contributed by atoms with van der Waals surface area (Å²) < 4.78 is 48.7. The van der Waals surface area contributed by atoms with E-state index in [4.69, 9.17) is 52.5 Å². The number of amidine groups is 4. The number of carboxylic acid groups (broad SMARTS) is 1. The van der Waals surface area contributed by atoms with E-state index in [1.807, 2.05) is 0 Å². The molecular weight excluding hydrogens is 999 g/mol. The van der Waals surface area contributed by atoms with Gasteiger partial charge in [-0.1, -0.05) is 18.2 Å². The lowest BCUT2D eigenvalue weighted by Crippen LogP contribution is -2.48. The molecule has 0 amide bonds. The van der Waals surface area contributed by atoms with Crippen molar-refractivity contribution in [3.8, 4) is 0 Å². The molecule has 4 aliphatic rings. The number of aromatic nitrogens is 2. The maximum absolute atomic E-state index is 16.2. The van der Waals surface area contributed by atoms with Crippen LogP contribution >= 0.6 is 7.37 Å². The molecule has 22 heteroatoms. The molecule has 0 spiro atoms. The maximum atomic E-state index is 16.2. The van der Waals surface area contributed by atoms with Crippen LogP contribution in [0.4, 0.5) is 11.6 Å². The first-order valence-electron chi connectivity index (χ1n) is 24.0. The molecule has 1 unspecified atom stereocenters. The van der Waals surface area contributed by atoms with E-state index in [-0.39, 0.29) is 99.9 Å². The van der Waals surface area contributed by atoms with Crippen molar-refractivity contribution >= 4 is 114 Å². The molecule has 374 valence electrons. The first-order chi connectivity index (χ1) is 36.3. The fourth-order valence-corrected chi connectivity index (χ4v) is 15.4. The minimum atomic E-state index is -4.32. The van der Waals surface area contributed by atoms with Crippen LogP contribution in [0.5, 0.6) is 0 Å². The molecule has 20 nitrogen and oxygen atoms in total. The van der Waals surface area contributed by atoms with E-state index < -0.39 is 64.7 Å². The SMILES string of the molecule is CCOC(=O)c1ccc2c(c1)C1=NC2=Nc2c3cc(C(=O)OCC)ccc3c3[n]2[Al]([O]P(=O)(CCC(=O)O)c2ccccc2)[n]2c(c4ccc(C(=O)OCC)cc4c2=NC2=NC(=N3)c3cc(C(=O)OCC)ccc32)=N1. The zero-order valence-electron chi connectivity index (χ0n) is 40.6. The highest BCUT2D eigenvalue weighted by molar-refractivity contribution is 7.68. The number of esters is 4. The maximum Gasteiger partial charge on any atom is 0.815 e. The first-order valence-corrected chi connectivity index (χ1v) is 27.3. The van der Waals surface area contributed by atoms with Crippen LogP contribution in [0.2, 0.25) is 0 Å². The molecule has 1 N–H and O–H groups in total. The lowest BCUT2D eigenvalue weighted by Gasteiger charge is -2.25. The summed E-state index contributed by atoms with van der Waals surface area (Å²) >= 11 is -4.09. The average molecular weight is 1040 g/mol. The van der Waals surface area contributed by atoms with Gasteiger partial charge in [0.1, 0.15) is 22.6 Å². The smallest absolute Gasteiger partial charge is 0.481 e. The molecule has 7 aromatic rings. The Labute approximate surface area is 430 Å². The Morgan fingerprint density at radius 2 is 0.933 bits per heavy atom. The molecule has 4 aliphatic heterocycles. The van der Waals surface area contributed by atoms with E-state index in [9.17, 15) is 29.1 Å². The van der Waals surface area contributed by atoms with Crippen molar-refractivity contribution in [2.75, 3.05) is 32.6 Å². The Hall–Kier alpha value is -8.47. The van der Waals surface area contributed by atoms with Gasteiger partial charge in [0.05, 0.1) is 55.1 Å². The van der Waals surface area contributed by atoms with Gasteiger partial charge in [-0.2, -0.15) is 0 Å².